The van der Waals surface area contributed by atoms with Crippen LogP contribution >= 0.6 is 11.3 Å². The summed E-state index contributed by atoms with van der Waals surface area (Å²) in [5.41, 5.74) is 1.26. The van der Waals surface area contributed by atoms with Crippen molar-refractivity contribution in [2.45, 2.75) is 6.42 Å². The number of thiophene rings is 1. The van der Waals surface area contributed by atoms with E-state index in [-0.39, 0.29) is 5.56 Å². The largest absolute Gasteiger partial charge is 0.313 e. The third kappa shape index (κ3) is 2.14. The minimum Gasteiger partial charge on any atom is -0.313 e. The molecule has 0 fully saturated rings. The maximum atomic E-state index is 11.7. The van der Waals surface area contributed by atoms with Crippen molar-refractivity contribution >= 4 is 16.9 Å². The fourth-order valence-corrected chi connectivity index (χ4v) is 3.02. The van der Waals surface area contributed by atoms with Crippen LogP contribution < -0.4 is 10.9 Å². The van der Waals surface area contributed by atoms with E-state index < -0.39 is 0 Å². The summed E-state index contributed by atoms with van der Waals surface area (Å²) >= 11 is 1.61. The summed E-state index contributed by atoms with van der Waals surface area (Å²) < 4.78 is 1.44. The van der Waals surface area contributed by atoms with Gasteiger partial charge in [-0.15, -0.1) is 11.3 Å². The highest BCUT2D eigenvalue weighted by Crippen LogP contribution is 2.28. The Kier molecular flexibility index (Phi) is 3.08. The first-order chi connectivity index (χ1) is 8.84. The molecule has 18 heavy (non-hydrogen) atoms. The Morgan fingerprint density at radius 3 is 3.06 bits per heavy atom. The van der Waals surface area contributed by atoms with Crippen LogP contribution in [0.5, 0.6) is 0 Å². The summed E-state index contributed by atoms with van der Waals surface area (Å²) in [7, 11) is 0. The van der Waals surface area contributed by atoms with Crippen LogP contribution in [0.4, 0.5) is 0 Å². The third-order valence-electron chi connectivity index (χ3n) is 2.90. The lowest BCUT2D eigenvalue weighted by atomic mass is 10.1. The van der Waals surface area contributed by atoms with Gasteiger partial charge in [-0.05, 0) is 36.7 Å². The van der Waals surface area contributed by atoms with Crippen LogP contribution in [0.1, 0.15) is 11.3 Å². The summed E-state index contributed by atoms with van der Waals surface area (Å²) in [5.74, 6) is 0. The molecule has 1 aliphatic heterocycles. The van der Waals surface area contributed by atoms with Gasteiger partial charge in [0.25, 0.3) is 5.56 Å². The molecule has 0 bridgehead atoms. The van der Waals surface area contributed by atoms with Gasteiger partial charge in [-0.25, -0.2) is 0 Å². The maximum Gasteiger partial charge on any atom is 0.272 e. The Hall–Kier alpha value is -1.72. The van der Waals surface area contributed by atoms with Gasteiger partial charge < -0.3 is 5.32 Å². The van der Waals surface area contributed by atoms with Gasteiger partial charge >= 0.3 is 0 Å². The second kappa shape index (κ2) is 4.88. The van der Waals surface area contributed by atoms with Gasteiger partial charge in [0.2, 0.25) is 0 Å². The molecule has 0 aromatic carbocycles. The summed E-state index contributed by atoms with van der Waals surface area (Å²) in [6, 6.07) is 7.20. The molecule has 1 aliphatic rings. The Bertz CT molecular complexity index is 641. The Morgan fingerprint density at radius 2 is 2.28 bits per heavy atom. The highest BCUT2D eigenvalue weighted by Gasteiger charge is 2.10. The molecule has 0 amide bonds. The SMILES string of the molecule is O=c1cccnn1-c1ccc(C2=CCNCC2)s1. The van der Waals surface area contributed by atoms with Gasteiger partial charge in [0.05, 0.1) is 0 Å². The molecule has 0 spiro atoms. The molecular weight excluding hydrogens is 246 g/mol. The van der Waals surface area contributed by atoms with Crippen LogP contribution in [0.25, 0.3) is 10.6 Å². The van der Waals surface area contributed by atoms with Crippen molar-refractivity contribution in [3.8, 4) is 5.00 Å². The highest BCUT2D eigenvalue weighted by molar-refractivity contribution is 7.15. The van der Waals surface area contributed by atoms with Crippen molar-refractivity contribution in [3.63, 3.8) is 0 Å². The number of nitrogens with one attached hydrogen (secondary N) is 1. The van der Waals surface area contributed by atoms with E-state index in [4.69, 9.17) is 0 Å². The van der Waals surface area contributed by atoms with Crippen molar-refractivity contribution in [2.24, 2.45) is 0 Å². The first-order valence-corrected chi connectivity index (χ1v) is 6.71. The first kappa shape index (κ1) is 11.4. The first-order valence-electron chi connectivity index (χ1n) is 5.89. The summed E-state index contributed by atoms with van der Waals surface area (Å²) in [5, 5.41) is 8.25. The lowest BCUT2D eigenvalue weighted by Crippen LogP contribution is -2.19. The van der Waals surface area contributed by atoms with Crippen molar-refractivity contribution in [3.05, 3.63) is 51.8 Å². The fourth-order valence-electron chi connectivity index (χ4n) is 1.98. The van der Waals surface area contributed by atoms with Crippen LogP contribution in [0, 0.1) is 0 Å². The maximum absolute atomic E-state index is 11.7. The van der Waals surface area contributed by atoms with Crippen molar-refractivity contribution in [1.29, 1.82) is 0 Å². The molecule has 2 aromatic rings. The van der Waals surface area contributed by atoms with E-state index in [0.29, 0.717) is 0 Å². The van der Waals surface area contributed by atoms with Crippen LogP contribution in [-0.2, 0) is 0 Å². The molecule has 0 saturated heterocycles. The van der Waals surface area contributed by atoms with E-state index in [1.807, 2.05) is 6.07 Å². The summed E-state index contributed by atoms with van der Waals surface area (Å²) in [6.45, 7) is 1.94. The number of nitrogens with zero attached hydrogens (tertiary/aromatic N) is 2. The Balaban J connectivity index is 1.97. The fraction of sp³-hybridized carbons (Fsp3) is 0.231. The molecule has 0 atom stereocenters. The van der Waals surface area contributed by atoms with Crippen molar-refractivity contribution in [2.75, 3.05) is 13.1 Å². The van der Waals surface area contributed by atoms with E-state index in [0.717, 1.165) is 24.5 Å². The van der Waals surface area contributed by atoms with Crippen molar-refractivity contribution in [1.82, 2.24) is 15.1 Å². The Morgan fingerprint density at radius 1 is 1.33 bits per heavy atom. The molecule has 1 N–H and O–H groups in total. The van der Waals surface area contributed by atoms with E-state index in [9.17, 15) is 4.79 Å². The van der Waals surface area contributed by atoms with Crippen LogP contribution in [-0.4, -0.2) is 22.9 Å². The third-order valence-corrected chi connectivity index (χ3v) is 4.03. The molecule has 0 radical (unpaired) electrons. The molecule has 4 nitrogen and oxygen atoms in total. The van der Waals surface area contributed by atoms with E-state index in [1.54, 1.807) is 23.6 Å². The zero-order valence-corrected chi connectivity index (χ0v) is 10.6. The van der Waals surface area contributed by atoms with E-state index >= 15 is 0 Å². The smallest absolute Gasteiger partial charge is 0.272 e. The molecular formula is C13H13N3OS. The van der Waals surface area contributed by atoms with Gasteiger partial charge in [0.1, 0.15) is 5.00 Å². The zero-order chi connectivity index (χ0) is 12.4. The van der Waals surface area contributed by atoms with Gasteiger partial charge in [-0.2, -0.15) is 9.78 Å². The molecule has 3 heterocycles. The molecule has 0 saturated carbocycles. The van der Waals surface area contributed by atoms with Gasteiger partial charge in [0.15, 0.2) is 0 Å². The standard InChI is InChI=1S/C13H13N3OS/c17-12-2-1-7-15-16(12)13-4-3-11(18-13)10-5-8-14-9-6-10/h1-5,7,14H,6,8-9H2. The summed E-state index contributed by atoms with van der Waals surface area (Å²) in [6.07, 6.45) is 4.88. The summed E-state index contributed by atoms with van der Waals surface area (Å²) in [4.78, 5) is 12.9. The van der Waals surface area contributed by atoms with Crippen LogP contribution in [0.15, 0.2) is 41.3 Å². The van der Waals surface area contributed by atoms with Gasteiger partial charge in [-0.3, -0.25) is 4.79 Å². The average Bonchev–Trinajstić information content (AvgIpc) is 2.90. The number of aromatic nitrogens is 2. The molecule has 0 unspecified atom stereocenters. The monoisotopic (exact) mass is 259 g/mol. The van der Waals surface area contributed by atoms with Crippen LogP contribution in [0.3, 0.4) is 0 Å². The van der Waals surface area contributed by atoms with Gasteiger partial charge in [0, 0.05) is 23.7 Å². The molecule has 3 rings (SSSR count). The average molecular weight is 259 g/mol. The molecule has 0 aliphatic carbocycles. The normalized spacial score (nSPS) is 15.4. The molecule has 2 aromatic heterocycles. The number of hydrogen-bond acceptors (Lipinski definition) is 4. The highest BCUT2D eigenvalue weighted by atomic mass is 32.1. The zero-order valence-electron chi connectivity index (χ0n) is 9.80. The van der Waals surface area contributed by atoms with E-state index in [1.165, 1.54) is 21.2 Å². The lowest BCUT2D eigenvalue weighted by molar-refractivity contribution is 0.739. The predicted octanol–water partition coefficient (Wildman–Crippen LogP) is 1.67. The number of rotatable bonds is 2. The van der Waals surface area contributed by atoms with Gasteiger partial charge in [-0.1, -0.05) is 6.08 Å². The second-order valence-corrected chi connectivity index (χ2v) is 5.16. The predicted molar refractivity (Wildman–Crippen MR) is 73.2 cm³/mol. The minimum absolute atomic E-state index is 0.0924. The second-order valence-electron chi connectivity index (χ2n) is 4.10. The van der Waals surface area contributed by atoms with E-state index in [2.05, 4.69) is 22.6 Å². The van der Waals surface area contributed by atoms with Crippen molar-refractivity contribution < 1.29 is 0 Å². The number of hydrogen-bond donors (Lipinski definition) is 1. The minimum atomic E-state index is -0.0924. The quantitative estimate of drug-likeness (QED) is 0.892. The topological polar surface area (TPSA) is 46.9 Å². The van der Waals surface area contributed by atoms with Crippen LogP contribution in [0.2, 0.25) is 0 Å². The Labute approximate surface area is 109 Å². The lowest BCUT2D eigenvalue weighted by Gasteiger charge is -2.11. The molecule has 92 valence electrons. The molecule has 5 heteroatoms.